The van der Waals surface area contributed by atoms with Crippen LogP contribution in [0.4, 0.5) is 11.4 Å². The highest BCUT2D eigenvalue weighted by molar-refractivity contribution is 8.26. The zero-order chi connectivity index (χ0) is 26.8. The molecule has 38 heavy (non-hydrogen) atoms. The van der Waals surface area contributed by atoms with E-state index >= 15 is 0 Å². The van der Waals surface area contributed by atoms with E-state index in [0.29, 0.717) is 21.5 Å². The maximum absolute atomic E-state index is 13.2. The monoisotopic (exact) mass is 546 g/mol. The number of thioether (sulfide) groups is 1. The number of anilines is 1. The van der Waals surface area contributed by atoms with Crippen molar-refractivity contribution in [2.24, 2.45) is 0 Å². The van der Waals surface area contributed by atoms with Gasteiger partial charge in [-0.05, 0) is 74.9 Å². The van der Waals surface area contributed by atoms with Crippen LogP contribution in [0.2, 0.25) is 0 Å². The summed E-state index contributed by atoms with van der Waals surface area (Å²) in [6.45, 7) is 6.17. The minimum Gasteiger partial charge on any atom is -0.366 e. The summed E-state index contributed by atoms with van der Waals surface area (Å²) in [5, 5.41) is 12.0. The number of piperidine rings is 1. The highest BCUT2D eigenvalue weighted by atomic mass is 32.2. The molecule has 0 N–H and O–H groups in total. The van der Waals surface area contributed by atoms with E-state index < -0.39 is 0 Å². The molecule has 3 heterocycles. The van der Waals surface area contributed by atoms with Crippen molar-refractivity contribution in [3.63, 3.8) is 0 Å². The van der Waals surface area contributed by atoms with Crippen molar-refractivity contribution in [3.05, 3.63) is 92.1 Å². The molecule has 0 spiro atoms. The van der Waals surface area contributed by atoms with E-state index in [1.165, 1.54) is 18.2 Å². The first-order valence-corrected chi connectivity index (χ1v) is 14.1. The number of hydrogen-bond acceptors (Lipinski definition) is 6. The topological polar surface area (TPSA) is 71.6 Å². The molecule has 196 valence electrons. The summed E-state index contributed by atoms with van der Waals surface area (Å²) < 4.78 is 2.57. The van der Waals surface area contributed by atoms with Crippen molar-refractivity contribution < 1.29 is 9.72 Å². The van der Waals surface area contributed by atoms with Gasteiger partial charge in [0.1, 0.15) is 10.0 Å². The molecule has 0 radical (unpaired) electrons. The van der Waals surface area contributed by atoms with Crippen LogP contribution in [-0.4, -0.2) is 44.3 Å². The standard InChI is InChI=1S/C29H30N4O3S2/c1-20-17-23(18-27-28(34)31(29(37)38-27)16-13-22-9-5-3-6-10-22)21(2)32(20)24-11-12-25(26(19-24)33(35)36)30-14-7-4-8-15-30/h3,5-6,9-12,17-19H,4,7-8,13-16H2,1-2H3/b27-18-. The Morgan fingerprint density at radius 3 is 2.50 bits per heavy atom. The predicted molar refractivity (Wildman–Crippen MR) is 158 cm³/mol. The van der Waals surface area contributed by atoms with E-state index in [4.69, 9.17) is 12.2 Å². The maximum atomic E-state index is 13.2. The number of hydrogen-bond donors (Lipinski definition) is 0. The molecule has 2 aliphatic heterocycles. The van der Waals surface area contributed by atoms with Crippen LogP contribution >= 0.6 is 24.0 Å². The number of aryl methyl sites for hydroxylation is 1. The fraction of sp³-hybridized carbons (Fsp3) is 0.310. The van der Waals surface area contributed by atoms with E-state index in [9.17, 15) is 14.9 Å². The number of nitrogens with zero attached hydrogens (tertiary/aromatic N) is 4. The Labute approximate surface area is 232 Å². The van der Waals surface area contributed by atoms with E-state index in [1.807, 2.05) is 73.0 Å². The molecule has 1 aromatic heterocycles. The lowest BCUT2D eigenvalue weighted by Gasteiger charge is -2.28. The molecule has 0 aliphatic carbocycles. The molecule has 7 nitrogen and oxygen atoms in total. The van der Waals surface area contributed by atoms with Gasteiger partial charge in [-0.3, -0.25) is 19.8 Å². The molecule has 2 aliphatic rings. The molecule has 2 aromatic carbocycles. The molecule has 0 saturated carbocycles. The van der Waals surface area contributed by atoms with Gasteiger partial charge in [0.2, 0.25) is 0 Å². The number of nitro groups is 1. The summed E-state index contributed by atoms with van der Waals surface area (Å²) in [5.74, 6) is -0.0812. The molecule has 5 rings (SSSR count). The number of benzene rings is 2. The largest absolute Gasteiger partial charge is 0.366 e. The van der Waals surface area contributed by atoms with Crippen molar-refractivity contribution in [1.82, 2.24) is 9.47 Å². The third kappa shape index (κ3) is 5.26. The Morgan fingerprint density at radius 2 is 1.79 bits per heavy atom. The number of rotatable bonds is 7. The van der Waals surface area contributed by atoms with Gasteiger partial charge in [-0.1, -0.05) is 54.3 Å². The lowest BCUT2D eigenvalue weighted by atomic mass is 10.1. The molecule has 0 atom stereocenters. The number of nitro benzene ring substituents is 1. The van der Waals surface area contributed by atoms with E-state index in [1.54, 1.807) is 11.0 Å². The Balaban J connectivity index is 1.40. The number of carbonyl (C=O) groups excluding carboxylic acids is 1. The van der Waals surface area contributed by atoms with E-state index in [0.717, 1.165) is 60.6 Å². The fourth-order valence-electron chi connectivity index (χ4n) is 5.25. The van der Waals surface area contributed by atoms with Crippen molar-refractivity contribution in [1.29, 1.82) is 0 Å². The lowest BCUT2D eigenvalue weighted by Crippen LogP contribution is -2.30. The summed E-state index contributed by atoms with van der Waals surface area (Å²) in [4.78, 5) is 29.3. The highest BCUT2D eigenvalue weighted by Gasteiger charge is 2.32. The average molecular weight is 547 g/mol. The average Bonchev–Trinajstić information content (AvgIpc) is 3.36. The van der Waals surface area contributed by atoms with Crippen LogP contribution in [0, 0.1) is 24.0 Å². The highest BCUT2D eigenvalue weighted by Crippen LogP contribution is 2.36. The molecule has 1 amide bonds. The molecule has 0 unspecified atom stereocenters. The third-order valence-electron chi connectivity index (χ3n) is 7.21. The quantitative estimate of drug-likeness (QED) is 0.147. The van der Waals surface area contributed by atoms with Crippen LogP contribution < -0.4 is 4.90 Å². The summed E-state index contributed by atoms with van der Waals surface area (Å²) in [6.07, 6.45) is 5.89. The molecule has 3 aromatic rings. The second-order valence-corrected chi connectivity index (χ2v) is 11.4. The zero-order valence-corrected chi connectivity index (χ0v) is 23.2. The van der Waals surface area contributed by atoms with Gasteiger partial charge in [0.05, 0.1) is 15.5 Å². The minimum absolute atomic E-state index is 0.0812. The predicted octanol–water partition coefficient (Wildman–Crippen LogP) is 6.44. The summed E-state index contributed by atoms with van der Waals surface area (Å²) in [5.41, 5.74) is 5.45. The van der Waals surface area contributed by atoms with Gasteiger partial charge in [-0.25, -0.2) is 0 Å². The number of thiocarbonyl (C=S) groups is 1. The maximum Gasteiger partial charge on any atom is 0.294 e. The van der Waals surface area contributed by atoms with Gasteiger partial charge in [-0.15, -0.1) is 0 Å². The Morgan fingerprint density at radius 1 is 1.05 bits per heavy atom. The summed E-state index contributed by atoms with van der Waals surface area (Å²) in [7, 11) is 0. The smallest absolute Gasteiger partial charge is 0.294 e. The van der Waals surface area contributed by atoms with Crippen molar-refractivity contribution in [2.45, 2.75) is 39.5 Å². The van der Waals surface area contributed by atoms with E-state index in [2.05, 4.69) is 4.90 Å². The van der Waals surface area contributed by atoms with Crippen molar-refractivity contribution in [3.8, 4) is 5.69 Å². The first kappa shape index (κ1) is 26.2. The SMILES string of the molecule is Cc1cc(/C=C2\SC(=S)N(CCc3ccccc3)C2=O)c(C)n1-c1ccc(N2CCCCC2)c([N+](=O)[O-])c1. The van der Waals surface area contributed by atoms with Crippen LogP contribution in [-0.2, 0) is 11.2 Å². The molecule has 9 heteroatoms. The summed E-state index contributed by atoms with van der Waals surface area (Å²) >= 11 is 6.85. The summed E-state index contributed by atoms with van der Waals surface area (Å²) in [6, 6.07) is 17.5. The molecule has 0 bridgehead atoms. The normalized spacial score (nSPS) is 17.1. The van der Waals surface area contributed by atoms with Gasteiger partial charge in [0.15, 0.2) is 0 Å². The second-order valence-electron chi connectivity index (χ2n) is 9.71. The number of aromatic nitrogens is 1. The van der Waals surface area contributed by atoms with Crippen LogP contribution in [0.1, 0.15) is 41.8 Å². The Kier molecular flexibility index (Phi) is 7.67. The number of carbonyl (C=O) groups is 1. The van der Waals surface area contributed by atoms with Crippen LogP contribution in [0.5, 0.6) is 0 Å². The van der Waals surface area contributed by atoms with Crippen molar-refractivity contribution in [2.75, 3.05) is 24.5 Å². The third-order valence-corrected chi connectivity index (χ3v) is 8.59. The van der Waals surface area contributed by atoms with Gasteiger partial charge in [0.25, 0.3) is 11.6 Å². The first-order chi connectivity index (χ1) is 18.3. The zero-order valence-electron chi connectivity index (χ0n) is 21.6. The van der Waals surface area contributed by atoms with Crippen LogP contribution in [0.25, 0.3) is 11.8 Å². The van der Waals surface area contributed by atoms with Gasteiger partial charge >= 0.3 is 0 Å². The van der Waals surface area contributed by atoms with Crippen molar-refractivity contribution >= 4 is 51.7 Å². The van der Waals surface area contributed by atoms with Crippen LogP contribution in [0.3, 0.4) is 0 Å². The van der Waals surface area contributed by atoms with E-state index in [-0.39, 0.29) is 16.5 Å². The van der Waals surface area contributed by atoms with Gasteiger partial charge in [-0.2, -0.15) is 0 Å². The molecular weight excluding hydrogens is 516 g/mol. The first-order valence-electron chi connectivity index (χ1n) is 12.9. The van der Waals surface area contributed by atoms with Gasteiger partial charge < -0.3 is 9.47 Å². The lowest BCUT2D eigenvalue weighted by molar-refractivity contribution is -0.384. The molecule has 2 saturated heterocycles. The Bertz CT molecular complexity index is 1430. The molecular formula is C29H30N4O3S2. The molecule has 2 fully saturated rings. The fourth-order valence-corrected chi connectivity index (χ4v) is 6.55. The minimum atomic E-state index is -0.288. The van der Waals surface area contributed by atoms with Crippen LogP contribution in [0.15, 0.2) is 59.5 Å². The Hall–Kier alpha value is -3.43. The second kappa shape index (κ2) is 11.1. The number of amides is 1. The van der Waals surface area contributed by atoms with Gasteiger partial charge in [0, 0.05) is 37.1 Å².